The molecular weight excluding hydrogens is 514 g/mol. The Labute approximate surface area is 231 Å². The molecule has 2 N–H and O–H groups in total. The standard InChI is InChI=1S/C31H28ClN3O4/c1-29(38,19-3-4-19)21-10-24-26-12-30(26,16-36)17-39-31(20-5-7-22(32)8-6-20)27(24)25(11-21)28(37)35(31)15-23-9-2-18(13-33)14-34-23/h2,5-11,14,19,26,36,38H,3-4,12,15-17H2,1H3/t26?,29?,30?,31-/m1/s1. The molecule has 2 aliphatic carbocycles. The fourth-order valence-electron chi connectivity index (χ4n) is 6.64. The van der Waals surface area contributed by atoms with Gasteiger partial charge in [-0.2, -0.15) is 5.26 Å². The largest absolute Gasteiger partial charge is 0.396 e. The highest BCUT2D eigenvalue weighted by molar-refractivity contribution is 6.30. The quantitative estimate of drug-likeness (QED) is 0.473. The van der Waals surface area contributed by atoms with Gasteiger partial charge in [-0.05, 0) is 79.5 Å². The van der Waals surface area contributed by atoms with Crippen LogP contribution in [0.1, 0.15) is 76.0 Å². The molecule has 0 bridgehead atoms. The van der Waals surface area contributed by atoms with E-state index in [1.54, 1.807) is 29.2 Å². The second-order valence-corrected chi connectivity index (χ2v) is 12.1. The maximum absolute atomic E-state index is 14.4. The Hall–Kier alpha value is -3.28. The molecule has 3 unspecified atom stereocenters. The molecule has 39 heavy (non-hydrogen) atoms. The number of rotatable bonds is 6. The lowest BCUT2D eigenvalue weighted by Gasteiger charge is -2.40. The van der Waals surface area contributed by atoms with Crippen LogP contribution in [0, 0.1) is 22.7 Å². The van der Waals surface area contributed by atoms with E-state index in [0.717, 1.165) is 41.5 Å². The number of carbonyl (C=O) groups excluding carboxylic acids is 1. The number of aliphatic hydroxyl groups is 2. The summed E-state index contributed by atoms with van der Waals surface area (Å²) in [5.74, 6) is -0.0396. The number of nitriles is 1. The number of hydrogen-bond donors (Lipinski definition) is 2. The van der Waals surface area contributed by atoms with Gasteiger partial charge in [-0.1, -0.05) is 29.8 Å². The van der Waals surface area contributed by atoms with Crippen LogP contribution in [-0.2, 0) is 22.6 Å². The Morgan fingerprint density at radius 3 is 2.64 bits per heavy atom. The molecule has 1 amide bonds. The molecule has 198 valence electrons. The predicted octanol–water partition coefficient (Wildman–Crippen LogP) is 4.58. The van der Waals surface area contributed by atoms with Crippen LogP contribution in [0.4, 0.5) is 0 Å². The number of amides is 1. The second-order valence-electron chi connectivity index (χ2n) is 11.7. The van der Waals surface area contributed by atoms with Gasteiger partial charge in [0.15, 0.2) is 5.72 Å². The molecule has 0 saturated heterocycles. The summed E-state index contributed by atoms with van der Waals surface area (Å²) in [4.78, 5) is 20.5. The molecule has 0 spiro atoms. The molecule has 1 aromatic heterocycles. The minimum Gasteiger partial charge on any atom is -0.396 e. The summed E-state index contributed by atoms with van der Waals surface area (Å²) >= 11 is 6.27. The number of pyridine rings is 1. The van der Waals surface area contributed by atoms with E-state index in [-0.39, 0.29) is 37.5 Å². The van der Waals surface area contributed by atoms with E-state index in [9.17, 15) is 20.3 Å². The van der Waals surface area contributed by atoms with E-state index in [0.29, 0.717) is 21.8 Å². The van der Waals surface area contributed by atoms with Gasteiger partial charge < -0.3 is 14.9 Å². The van der Waals surface area contributed by atoms with Crippen molar-refractivity contribution in [2.24, 2.45) is 11.3 Å². The first-order valence-electron chi connectivity index (χ1n) is 13.3. The molecule has 3 aromatic rings. The highest BCUT2D eigenvalue weighted by Crippen LogP contribution is 2.66. The van der Waals surface area contributed by atoms with Gasteiger partial charge in [0, 0.05) is 33.3 Å². The van der Waals surface area contributed by atoms with E-state index in [4.69, 9.17) is 16.3 Å². The minimum absolute atomic E-state index is 0.0150. The molecule has 2 fully saturated rings. The first kappa shape index (κ1) is 24.7. The average Bonchev–Trinajstić information content (AvgIpc) is 3.87. The zero-order chi connectivity index (χ0) is 27.2. The van der Waals surface area contributed by atoms with Gasteiger partial charge >= 0.3 is 0 Å². The monoisotopic (exact) mass is 541 g/mol. The van der Waals surface area contributed by atoms with Gasteiger partial charge in [0.25, 0.3) is 5.91 Å². The molecule has 0 radical (unpaired) electrons. The third kappa shape index (κ3) is 3.52. The molecule has 4 atom stereocenters. The molecule has 4 aliphatic rings. The van der Waals surface area contributed by atoms with Crippen LogP contribution in [0.25, 0.3) is 0 Å². The Balaban J connectivity index is 1.47. The summed E-state index contributed by atoms with van der Waals surface area (Å²) in [5.41, 5.74) is 2.02. The van der Waals surface area contributed by atoms with Crippen LogP contribution in [-0.4, -0.2) is 39.2 Å². The van der Waals surface area contributed by atoms with Crippen molar-refractivity contribution in [3.63, 3.8) is 0 Å². The lowest BCUT2D eigenvalue weighted by Crippen LogP contribution is -2.47. The number of carbonyl (C=O) groups is 1. The van der Waals surface area contributed by atoms with Crippen molar-refractivity contribution < 1.29 is 19.7 Å². The first-order valence-corrected chi connectivity index (χ1v) is 13.7. The Kier molecular flexibility index (Phi) is 5.30. The van der Waals surface area contributed by atoms with Crippen LogP contribution in [0.15, 0.2) is 54.7 Å². The zero-order valence-corrected chi connectivity index (χ0v) is 22.3. The summed E-state index contributed by atoms with van der Waals surface area (Å²) in [6.07, 6.45) is 4.16. The van der Waals surface area contributed by atoms with Crippen molar-refractivity contribution in [1.82, 2.24) is 9.88 Å². The zero-order valence-electron chi connectivity index (χ0n) is 21.5. The van der Waals surface area contributed by atoms with Crippen LogP contribution in [0.5, 0.6) is 0 Å². The lowest BCUT2D eigenvalue weighted by molar-refractivity contribution is -0.126. The summed E-state index contributed by atoms with van der Waals surface area (Å²) in [7, 11) is 0. The molecule has 2 aromatic carbocycles. The van der Waals surface area contributed by atoms with Gasteiger partial charge in [0.05, 0.1) is 36.6 Å². The van der Waals surface area contributed by atoms with E-state index >= 15 is 0 Å². The molecular formula is C31H28ClN3O4. The van der Waals surface area contributed by atoms with Crippen LogP contribution in [0.2, 0.25) is 5.02 Å². The second kappa shape index (κ2) is 8.36. The fraction of sp³-hybridized carbons (Fsp3) is 0.387. The predicted molar refractivity (Wildman–Crippen MR) is 143 cm³/mol. The van der Waals surface area contributed by atoms with Gasteiger partial charge in [-0.3, -0.25) is 14.7 Å². The molecule has 2 aliphatic heterocycles. The van der Waals surface area contributed by atoms with E-state index in [1.165, 1.54) is 6.20 Å². The highest BCUT2D eigenvalue weighted by atomic mass is 35.5. The number of benzene rings is 2. The number of hydrogen-bond acceptors (Lipinski definition) is 6. The molecule has 3 heterocycles. The van der Waals surface area contributed by atoms with Gasteiger partial charge in [0.2, 0.25) is 0 Å². The fourth-order valence-corrected chi connectivity index (χ4v) is 6.76. The van der Waals surface area contributed by atoms with Crippen molar-refractivity contribution in [2.45, 2.75) is 50.0 Å². The number of nitrogens with zero attached hydrogens (tertiary/aromatic N) is 3. The van der Waals surface area contributed by atoms with E-state index in [1.807, 2.05) is 25.1 Å². The van der Waals surface area contributed by atoms with Gasteiger partial charge in [-0.25, -0.2) is 0 Å². The lowest BCUT2D eigenvalue weighted by atomic mass is 9.82. The first-order chi connectivity index (χ1) is 18.7. The summed E-state index contributed by atoms with van der Waals surface area (Å²) < 4.78 is 6.84. The smallest absolute Gasteiger partial charge is 0.257 e. The highest BCUT2D eigenvalue weighted by Gasteiger charge is 2.65. The Bertz CT molecular complexity index is 1540. The van der Waals surface area contributed by atoms with Crippen molar-refractivity contribution in [3.05, 3.63) is 98.8 Å². The third-order valence-electron chi connectivity index (χ3n) is 9.28. The Morgan fingerprint density at radius 1 is 1.23 bits per heavy atom. The van der Waals surface area contributed by atoms with Crippen LogP contribution in [0.3, 0.4) is 0 Å². The number of fused-ring (bicyclic) bond motifs is 2. The normalized spacial score (nSPS) is 28.2. The molecule has 2 saturated carbocycles. The topological polar surface area (TPSA) is 107 Å². The van der Waals surface area contributed by atoms with E-state index < -0.39 is 16.7 Å². The number of aromatic nitrogens is 1. The van der Waals surface area contributed by atoms with Crippen LogP contribution >= 0.6 is 11.6 Å². The molecule has 7 rings (SSSR count). The Morgan fingerprint density at radius 2 is 2.00 bits per heavy atom. The maximum Gasteiger partial charge on any atom is 0.257 e. The van der Waals surface area contributed by atoms with E-state index in [2.05, 4.69) is 17.1 Å². The van der Waals surface area contributed by atoms with Crippen molar-refractivity contribution in [2.75, 3.05) is 13.2 Å². The average molecular weight is 542 g/mol. The minimum atomic E-state index is -1.26. The van der Waals surface area contributed by atoms with Crippen molar-refractivity contribution in [1.29, 1.82) is 5.26 Å². The van der Waals surface area contributed by atoms with Crippen molar-refractivity contribution in [3.8, 4) is 6.07 Å². The number of ether oxygens (including phenoxy) is 1. The summed E-state index contributed by atoms with van der Waals surface area (Å²) in [6, 6.07) is 16.7. The van der Waals surface area contributed by atoms with Gasteiger partial charge in [0.1, 0.15) is 6.07 Å². The maximum atomic E-state index is 14.4. The number of aliphatic hydroxyl groups excluding tert-OH is 1. The summed E-state index contributed by atoms with van der Waals surface area (Å²) in [6.45, 7) is 2.22. The van der Waals surface area contributed by atoms with Crippen LogP contribution < -0.4 is 0 Å². The van der Waals surface area contributed by atoms with Crippen molar-refractivity contribution >= 4 is 17.5 Å². The third-order valence-corrected chi connectivity index (χ3v) is 9.53. The van der Waals surface area contributed by atoms with Gasteiger partial charge in [-0.15, -0.1) is 0 Å². The number of halogens is 1. The molecule has 8 heteroatoms. The molecule has 7 nitrogen and oxygen atoms in total. The summed E-state index contributed by atoms with van der Waals surface area (Å²) in [5, 5.41) is 31.8. The SMILES string of the molecule is CC(O)(c1cc2c3c(c1)C1CC1(CO)CO[C@@]3(c1ccc(Cl)cc1)N(Cc1ccc(C#N)cn1)C2=O)C1CC1.